The summed E-state index contributed by atoms with van der Waals surface area (Å²) < 4.78 is 0. The normalized spacial score (nSPS) is 11.2. The second-order valence-electron chi connectivity index (χ2n) is 4.63. The molecule has 0 aromatic heterocycles. The minimum atomic E-state index is -0.786. The minimum Gasteiger partial charge on any atom is -0.386 e. The zero-order chi connectivity index (χ0) is 12.3. The molecular weight excluding hydrogens is 210 g/mol. The van der Waals surface area contributed by atoms with Gasteiger partial charge < -0.3 is 10.4 Å². The first-order chi connectivity index (χ1) is 8.05. The first-order valence-electron chi connectivity index (χ1n) is 5.71. The maximum Gasteiger partial charge on any atom is 0.0840 e. The summed E-state index contributed by atoms with van der Waals surface area (Å²) in [6.07, 6.45) is 0. The van der Waals surface area contributed by atoms with Gasteiger partial charge in [0, 0.05) is 11.4 Å². The highest BCUT2D eigenvalue weighted by molar-refractivity contribution is 5.59. The van der Waals surface area contributed by atoms with E-state index in [1.165, 1.54) is 0 Å². The van der Waals surface area contributed by atoms with Gasteiger partial charge in [-0.05, 0) is 43.7 Å². The number of hydrogen-bond acceptors (Lipinski definition) is 2. The minimum absolute atomic E-state index is 0.786. The van der Waals surface area contributed by atoms with Crippen molar-refractivity contribution >= 4 is 11.4 Å². The van der Waals surface area contributed by atoms with Crippen LogP contribution in [0.15, 0.2) is 54.6 Å². The van der Waals surface area contributed by atoms with Gasteiger partial charge in [0.2, 0.25) is 0 Å². The molecule has 0 saturated carbocycles. The third kappa shape index (κ3) is 3.08. The largest absolute Gasteiger partial charge is 0.386 e. The highest BCUT2D eigenvalue weighted by atomic mass is 16.3. The van der Waals surface area contributed by atoms with E-state index in [4.69, 9.17) is 0 Å². The van der Waals surface area contributed by atoms with Crippen LogP contribution in [-0.2, 0) is 5.60 Å². The number of hydrogen-bond donors (Lipinski definition) is 2. The molecule has 0 aliphatic rings. The van der Waals surface area contributed by atoms with Crippen LogP contribution in [0, 0.1) is 0 Å². The van der Waals surface area contributed by atoms with Crippen molar-refractivity contribution in [1.29, 1.82) is 0 Å². The van der Waals surface area contributed by atoms with Crippen LogP contribution in [0.25, 0.3) is 0 Å². The van der Waals surface area contributed by atoms with E-state index in [-0.39, 0.29) is 0 Å². The summed E-state index contributed by atoms with van der Waals surface area (Å²) in [6, 6.07) is 17.8. The maximum atomic E-state index is 9.85. The Morgan fingerprint density at radius 1 is 0.824 bits per heavy atom. The van der Waals surface area contributed by atoms with E-state index < -0.39 is 5.60 Å². The Balaban J connectivity index is 2.14. The van der Waals surface area contributed by atoms with E-state index in [9.17, 15) is 5.11 Å². The Bertz CT molecular complexity index is 469. The van der Waals surface area contributed by atoms with Gasteiger partial charge in [0.15, 0.2) is 0 Å². The Morgan fingerprint density at radius 2 is 1.35 bits per heavy atom. The first kappa shape index (κ1) is 11.7. The molecule has 2 heteroatoms. The average molecular weight is 227 g/mol. The van der Waals surface area contributed by atoms with E-state index >= 15 is 0 Å². The summed E-state index contributed by atoms with van der Waals surface area (Å²) in [4.78, 5) is 0. The zero-order valence-corrected chi connectivity index (χ0v) is 10.1. The number of para-hydroxylation sites is 1. The highest BCUT2D eigenvalue weighted by Gasteiger charge is 2.14. The summed E-state index contributed by atoms with van der Waals surface area (Å²) >= 11 is 0. The van der Waals surface area contributed by atoms with Crippen molar-refractivity contribution < 1.29 is 5.11 Å². The first-order valence-corrected chi connectivity index (χ1v) is 5.71. The van der Waals surface area contributed by atoms with Crippen LogP contribution in [0.1, 0.15) is 19.4 Å². The van der Waals surface area contributed by atoms with E-state index in [1.54, 1.807) is 13.8 Å². The van der Waals surface area contributed by atoms with Gasteiger partial charge in [0.05, 0.1) is 5.60 Å². The van der Waals surface area contributed by atoms with Crippen LogP contribution in [-0.4, -0.2) is 5.11 Å². The molecule has 2 aromatic carbocycles. The lowest BCUT2D eigenvalue weighted by Crippen LogP contribution is -2.14. The van der Waals surface area contributed by atoms with E-state index in [1.807, 2.05) is 54.6 Å². The fourth-order valence-corrected chi connectivity index (χ4v) is 1.65. The standard InChI is InChI=1S/C15H17NO/c1-15(2,17)12-8-10-14(11-9-12)16-13-6-4-3-5-7-13/h3-11,16-17H,1-2H3. The third-order valence-corrected chi connectivity index (χ3v) is 2.65. The summed E-state index contributed by atoms with van der Waals surface area (Å²) in [5, 5.41) is 13.2. The van der Waals surface area contributed by atoms with Crippen molar-refractivity contribution in [3.63, 3.8) is 0 Å². The molecule has 2 nitrogen and oxygen atoms in total. The molecule has 0 spiro atoms. The van der Waals surface area contributed by atoms with Crippen molar-refractivity contribution in [1.82, 2.24) is 0 Å². The highest BCUT2D eigenvalue weighted by Crippen LogP contribution is 2.22. The molecule has 0 fully saturated rings. The molecule has 0 saturated heterocycles. The molecule has 0 atom stereocenters. The second-order valence-corrected chi connectivity index (χ2v) is 4.63. The lowest BCUT2D eigenvalue weighted by Gasteiger charge is -2.18. The third-order valence-electron chi connectivity index (χ3n) is 2.65. The number of benzene rings is 2. The molecule has 2 rings (SSSR count). The van der Waals surface area contributed by atoms with Gasteiger partial charge in [0.1, 0.15) is 0 Å². The Labute approximate surface area is 102 Å². The van der Waals surface area contributed by atoms with Crippen molar-refractivity contribution in [2.45, 2.75) is 19.4 Å². The molecule has 0 bridgehead atoms. The number of anilines is 2. The van der Waals surface area contributed by atoms with Crippen LogP contribution in [0.3, 0.4) is 0 Å². The Morgan fingerprint density at radius 3 is 1.88 bits per heavy atom. The molecule has 0 heterocycles. The maximum absolute atomic E-state index is 9.85. The molecule has 17 heavy (non-hydrogen) atoms. The molecule has 0 aliphatic carbocycles. The predicted octanol–water partition coefficient (Wildman–Crippen LogP) is 3.66. The molecule has 0 aliphatic heterocycles. The summed E-state index contributed by atoms with van der Waals surface area (Å²) in [6.45, 7) is 3.57. The topological polar surface area (TPSA) is 32.3 Å². The zero-order valence-electron chi connectivity index (χ0n) is 10.1. The van der Waals surface area contributed by atoms with Crippen LogP contribution in [0.5, 0.6) is 0 Å². The molecule has 88 valence electrons. The van der Waals surface area contributed by atoms with Gasteiger partial charge in [-0.25, -0.2) is 0 Å². The fourth-order valence-electron chi connectivity index (χ4n) is 1.65. The molecular formula is C15H17NO. The summed E-state index contributed by atoms with van der Waals surface area (Å²) in [7, 11) is 0. The Hall–Kier alpha value is -1.80. The number of aliphatic hydroxyl groups is 1. The van der Waals surface area contributed by atoms with E-state index in [0.29, 0.717) is 0 Å². The lowest BCUT2D eigenvalue weighted by atomic mass is 9.98. The average Bonchev–Trinajstić information content (AvgIpc) is 2.30. The van der Waals surface area contributed by atoms with Gasteiger partial charge in [-0.3, -0.25) is 0 Å². The molecule has 2 N–H and O–H groups in total. The van der Waals surface area contributed by atoms with Crippen LogP contribution >= 0.6 is 0 Å². The Kier molecular flexibility index (Phi) is 3.16. The van der Waals surface area contributed by atoms with Gasteiger partial charge in [-0.15, -0.1) is 0 Å². The second kappa shape index (κ2) is 4.60. The summed E-state index contributed by atoms with van der Waals surface area (Å²) in [5.41, 5.74) is 2.20. The van der Waals surface area contributed by atoms with Gasteiger partial charge in [-0.2, -0.15) is 0 Å². The van der Waals surface area contributed by atoms with Crippen molar-refractivity contribution in [2.75, 3.05) is 5.32 Å². The van der Waals surface area contributed by atoms with Gasteiger partial charge in [-0.1, -0.05) is 30.3 Å². The van der Waals surface area contributed by atoms with Crippen LogP contribution in [0.2, 0.25) is 0 Å². The quantitative estimate of drug-likeness (QED) is 0.838. The molecule has 0 amide bonds. The molecule has 2 aromatic rings. The van der Waals surface area contributed by atoms with Crippen LogP contribution in [0.4, 0.5) is 11.4 Å². The van der Waals surface area contributed by atoms with Crippen LogP contribution < -0.4 is 5.32 Å². The monoisotopic (exact) mass is 227 g/mol. The lowest BCUT2D eigenvalue weighted by molar-refractivity contribution is 0.0786. The summed E-state index contributed by atoms with van der Waals surface area (Å²) in [5.74, 6) is 0. The number of rotatable bonds is 3. The van der Waals surface area contributed by atoms with Crippen molar-refractivity contribution in [3.05, 3.63) is 60.2 Å². The van der Waals surface area contributed by atoms with Gasteiger partial charge >= 0.3 is 0 Å². The SMILES string of the molecule is CC(C)(O)c1ccc(Nc2ccccc2)cc1. The van der Waals surface area contributed by atoms with Crippen molar-refractivity contribution in [3.8, 4) is 0 Å². The van der Waals surface area contributed by atoms with E-state index in [2.05, 4.69) is 5.32 Å². The predicted molar refractivity (Wildman–Crippen MR) is 71.4 cm³/mol. The number of nitrogens with one attached hydrogen (secondary N) is 1. The van der Waals surface area contributed by atoms with Gasteiger partial charge in [0.25, 0.3) is 0 Å². The fraction of sp³-hybridized carbons (Fsp3) is 0.200. The smallest absolute Gasteiger partial charge is 0.0840 e. The van der Waals surface area contributed by atoms with E-state index in [0.717, 1.165) is 16.9 Å². The molecule has 0 radical (unpaired) electrons. The van der Waals surface area contributed by atoms with Crippen molar-refractivity contribution in [2.24, 2.45) is 0 Å². The molecule has 0 unspecified atom stereocenters.